The molecule has 2 aromatic rings. The molecule has 0 spiro atoms. The second-order valence-electron chi connectivity index (χ2n) is 6.53. The zero-order valence-corrected chi connectivity index (χ0v) is 15.5. The highest BCUT2D eigenvalue weighted by atomic mass is 16.5. The Morgan fingerprint density at radius 3 is 2.40 bits per heavy atom. The van der Waals surface area contributed by atoms with Gasteiger partial charge in [-0.3, -0.25) is 15.7 Å². The van der Waals surface area contributed by atoms with Crippen molar-refractivity contribution in [3.63, 3.8) is 0 Å². The van der Waals surface area contributed by atoms with Gasteiger partial charge in [-0.15, -0.1) is 0 Å². The fourth-order valence-corrected chi connectivity index (χ4v) is 2.99. The number of hydrogen-bond donors (Lipinski definition) is 4. The predicted molar refractivity (Wildman–Crippen MR) is 103 cm³/mol. The highest BCUT2D eigenvalue weighted by Gasteiger charge is 2.23. The maximum Gasteiger partial charge on any atom is 0.169 e. The Labute approximate surface area is 149 Å². The van der Waals surface area contributed by atoms with E-state index >= 15 is 0 Å². The molecular formula is C20H27N3O2. The molecule has 1 aromatic carbocycles. The number of nitrogens with one attached hydrogen (secondary N) is 2. The molecule has 1 aromatic heterocycles. The molecular weight excluding hydrogens is 314 g/mol. The Hall–Kier alpha value is -2.53. The van der Waals surface area contributed by atoms with Crippen LogP contribution in [0.2, 0.25) is 0 Å². The lowest BCUT2D eigenvalue weighted by atomic mass is 9.92. The Bertz CT molecular complexity index is 784. The van der Waals surface area contributed by atoms with Gasteiger partial charge in [0, 0.05) is 23.9 Å². The van der Waals surface area contributed by atoms with Crippen LogP contribution in [0, 0.1) is 5.92 Å². The van der Waals surface area contributed by atoms with E-state index in [1.165, 1.54) is 0 Å². The molecule has 4 N–H and O–H groups in total. The number of aromatic nitrogens is 1. The number of aliphatic imine (C=N–C) groups is 1. The molecule has 2 rings (SSSR count). The Morgan fingerprint density at radius 1 is 1.28 bits per heavy atom. The first-order valence-corrected chi connectivity index (χ1v) is 8.47. The summed E-state index contributed by atoms with van der Waals surface area (Å²) >= 11 is 0. The number of phenolic OH excluding ortho intramolecular Hbond substituents is 1. The quantitative estimate of drug-likeness (QED) is 0.370. The number of hydroxylamine groups is 1. The largest absolute Gasteiger partial charge is 0.508 e. The van der Waals surface area contributed by atoms with E-state index in [0.29, 0.717) is 11.8 Å². The van der Waals surface area contributed by atoms with Crippen LogP contribution in [0.5, 0.6) is 5.75 Å². The van der Waals surface area contributed by atoms with E-state index in [1.807, 2.05) is 32.1 Å². The first-order valence-electron chi connectivity index (χ1n) is 8.47. The molecule has 0 radical (unpaired) electrons. The molecule has 0 aliphatic heterocycles. The molecule has 25 heavy (non-hydrogen) atoms. The van der Waals surface area contributed by atoms with E-state index in [9.17, 15) is 10.3 Å². The van der Waals surface area contributed by atoms with Gasteiger partial charge in [-0.1, -0.05) is 32.1 Å². The average Bonchev–Trinajstić information content (AvgIpc) is 2.94. The van der Waals surface area contributed by atoms with Crippen molar-refractivity contribution in [2.75, 3.05) is 7.05 Å². The Morgan fingerprint density at radius 2 is 1.92 bits per heavy atom. The van der Waals surface area contributed by atoms with E-state index in [1.54, 1.807) is 19.2 Å². The van der Waals surface area contributed by atoms with Crippen molar-refractivity contribution in [3.8, 4) is 16.9 Å². The normalized spacial score (nSPS) is 12.8. The van der Waals surface area contributed by atoms with Crippen molar-refractivity contribution >= 4 is 11.4 Å². The second kappa shape index (κ2) is 8.03. The summed E-state index contributed by atoms with van der Waals surface area (Å²) in [6.45, 7) is 8.37. The van der Waals surface area contributed by atoms with Gasteiger partial charge < -0.3 is 10.1 Å². The average molecular weight is 341 g/mol. The highest BCUT2D eigenvalue weighted by molar-refractivity contribution is 6.04. The topological polar surface area (TPSA) is 80.6 Å². The van der Waals surface area contributed by atoms with E-state index in [4.69, 9.17) is 0 Å². The van der Waals surface area contributed by atoms with Crippen LogP contribution < -0.4 is 5.48 Å². The molecule has 1 heterocycles. The lowest BCUT2D eigenvalue weighted by molar-refractivity contribution is 0.234. The molecule has 0 saturated heterocycles. The van der Waals surface area contributed by atoms with E-state index in [2.05, 4.69) is 29.3 Å². The lowest BCUT2D eigenvalue weighted by Gasteiger charge is -2.11. The number of H-pyrrole nitrogens is 1. The Balaban J connectivity index is 2.82. The third kappa shape index (κ3) is 3.94. The van der Waals surface area contributed by atoms with Crippen molar-refractivity contribution in [2.24, 2.45) is 10.9 Å². The number of aromatic amines is 1. The number of allylic oxidation sites excluding steroid dienone is 2. The SMILES string of the molecule is CC=C(C)c1c(C(=NC)NO)[nH]c(CC(C)C)c1-c1ccc(O)cc1. The van der Waals surface area contributed by atoms with Gasteiger partial charge in [0.25, 0.3) is 0 Å². The molecule has 0 saturated carbocycles. The summed E-state index contributed by atoms with van der Waals surface area (Å²) in [4.78, 5) is 7.61. The molecule has 0 bridgehead atoms. The van der Waals surface area contributed by atoms with E-state index in [0.717, 1.165) is 40.1 Å². The summed E-state index contributed by atoms with van der Waals surface area (Å²) in [5.41, 5.74) is 8.23. The van der Waals surface area contributed by atoms with Crippen LogP contribution in [0.4, 0.5) is 0 Å². The minimum Gasteiger partial charge on any atom is -0.508 e. The van der Waals surface area contributed by atoms with Gasteiger partial charge in [-0.05, 0) is 49.5 Å². The number of hydrogen-bond acceptors (Lipinski definition) is 3. The first-order chi connectivity index (χ1) is 11.9. The smallest absolute Gasteiger partial charge is 0.169 e. The fraction of sp³-hybridized carbons (Fsp3) is 0.350. The third-order valence-electron chi connectivity index (χ3n) is 4.24. The van der Waals surface area contributed by atoms with Gasteiger partial charge in [0.15, 0.2) is 5.84 Å². The predicted octanol–water partition coefficient (Wildman–Crippen LogP) is 4.36. The molecule has 0 unspecified atom stereocenters. The molecule has 5 nitrogen and oxygen atoms in total. The molecule has 5 heteroatoms. The van der Waals surface area contributed by atoms with Gasteiger partial charge in [0.2, 0.25) is 0 Å². The summed E-state index contributed by atoms with van der Waals surface area (Å²) in [5, 5.41) is 19.1. The summed E-state index contributed by atoms with van der Waals surface area (Å²) in [5.74, 6) is 1.10. The molecule has 0 aliphatic rings. The van der Waals surface area contributed by atoms with Crippen molar-refractivity contribution in [3.05, 3.63) is 47.3 Å². The van der Waals surface area contributed by atoms with Crippen LogP contribution in [0.15, 0.2) is 35.3 Å². The van der Waals surface area contributed by atoms with Crippen LogP contribution >= 0.6 is 0 Å². The van der Waals surface area contributed by atoms with Crippen molar-refractivity contribution in [2.45, 2.75) is 34.1 Å². The van der Waals surface area contributed by atoms with Crippen molar-refractivity contribution in [1.29, 1.82) is 0 Å². The maximum absolute atomic E-state index is 9.63. The van der Waals surface area contributed by atoms with Crippen LogP contribution in [-0.4, -0.2) is 28.2 Å². The van der Waals surface area contributed by atoms with Crippen LogP contribution in [-0.2, 0) is 6.42 Å². The molecule has 134 valence electrons. The van der Waals surface area contributed by atoms with Gasteiger partial charge in [-0.25, -0.2) is 0 Å². The number of aromatic hydroxyl groups is 1. The van der Waals surface area contributed by atoms with Crippen molar-refractivity contribution in [1.82, 2.24) is 10.5 Å². The summed E-state index contributed by atoms with van der Waals surface area (Å²) in [6, 6.07) is 7.20. The van der Waals surface area contributed by atoms with Gasteiger partial charge in [-0.2, -0.15) is 0 Å². The fourth-order valence-electron chi connectivity index (χ4n) is 2.99. The molecule has 0 atom stereocenters. The number of rotatable bonds is 5. The van der Waals surface area contributed by atoms with Crippen LogP contribution in [0.1, 0.15) is 44.6 Å². The van der Waals surface area contributed by atoms with Crippen LogP contribution in [0.3, 0.4) is 0 Å². The third-order valence-corrected chi connectivity index (χ3v) is 4.24. The number of phenols is 1. The van der Waals surface area contributed by atoms with E-state index in [-0.39, 0.29) is 5.75 Å². The summed E-state index contributed by atoms with van der Waals surface area (Å²) in [6.07, 6.45) is 2.91. The zero-order valence-electron chi connectivity index (χ0n) is 15.5. The second-order valence-corrected chi connectivity index (χ2v) is 6.53. The molecule has 0 fully saturated rings. The standard InChI is InChI=1S/C20H27N3O2/c1-6-13(4)17-18(14-7-9-15(24)10-8-14)16(11-12(2)3)22-19(17)20(21-5)23-25/h6-10,12,22,24-25H,11H2,1-5H3,(H,21,23). The monoisotopic (exact) mass is 341 g/mol. The number of nitrogens with zero attached hydrogens (tertiary/aromatic N) is 1. The Kier molecular flexibility index (Phi) is 6.04. The number of amidine groups is 1. The summed E-state index contributed by atoms with van der Waals surface area (Å²) < 4.78 is 0. The van der Waals surface area contributed by atoms with Crippen molar-refractivity contribution < 1.29 is 10.3 Å². The molecule has 0 amide bonds. The van der Waals surface area contributed by atoms with Gasteiger partial charge >= 0.3 is 0 Å². The van der Waals surface area contributed by atoms with Gasteiger partial charge in [0.1, 0.15) is 5.75 Å². The minimum absolute atomic E-state index is 0.238. The zero-order chi connectivity index (χ0) is 18.6. The minimum atomic E-state index is 0.238. The van der Waals surface area contributed by atoms with Crippen LogP contribution in [0.25, 0.3) is 16.7 Å². The maximum atomic E-state index is 9.63. The molecule has 0 aliphatic carbocycles. The summed E-state index contributed by atoms with van der Waals surface area (Å²) in [7, 11) is 1.64. The highest BCUT2D eigenvalue weighted by Crippen LogP contribution is 2.37. The first kappa shape index (κ1) is 18.8. The van der Waals surface area contributed by atoms with Gasteiger partial charge in [0.05, 0.1) is 5.69 Å². The lowest BCUT2D eigenvalue weighted by Crippen LogP contribution is -2.21. The number of benzene rings is 1. The van der Waals surface area contributed by atoms with E-state index < -0.39 is 0 Å².